The van der Waals surface area contributed by atoms with Gasteiger partial charge < -0.3 is 4.42 Å². The van der Waals surface area contributed by atoms with Crippen molar-refractivity contribution in [2.45, 2.75) is 20.0 Å². The summed E-state index contributed by atoms with van der Waals surface area (Å²) in [6.45, 7) is 3.97. The van der Waals surface area contributed by atoms with Crippen molar-refractivity contribution in [2.75, 3.05) is 5.75 Å². The lowest BCUT2D eigenvalue weighted by atomic mass is 10.1. The Kier molecular flexibility index (Phi) is 5.08. The Bertz CT molecular complexity index is 1350. The largest absolute Gasteiger partial charge is 0.457 e. The lowest BCUT2D eigenvalue weighted by Crippen LogP contribution is -2.50. The average Bonchev–Trinajstić information content (AvgIpc) is 3.25. The third-order valence-corrected chi connectivity index (χ3v) is 6.37. The zero-order valence-corrected chi connectivity index (χ0v) is 18.5. The molecule has 0 saturated heterocycles. The van der Waals surface area contributed by atoms with Gasteiger partial charge in [0.25, 0.3) is 5.91 Å². The minimum absolute atomic E-state index is 0.198. The molecule has 2 aliphatic rings. The summed E-state index contributed by atoms with van der Waals surface area (Å²) in [4.78, 5) is 17.9. The van der Waals surface area contributed by atoms with Gasteiger partial charge >= 0.3 is 0 Å². The predicted octanol–water partition coefficient (Wildman–Crippen LogP) is 3.80. The maximum atomic E-state index is 13.0. The molecular formula is C23H19ClN4O2S. The highest BCUT2D eigenvalue weighted by atomic mass is 35.5. The predicted molar refractivity (Wildman–Crippen MR) is 123 cm³/mol. The first kappa shape index (κ1) is 19.9. The number of amidine groups is 1. The number of thioether (sulfide) groups is 1. The SMILES string of the molecule is CCSC1=NN2C(=c3ccccc3=NC2c2ccc(-c3cccc(Cl)c3C)o2)C(=O)N1. The van der Waals surface area contributed by atoms with Crippen LogP contribution in [0.3, 0.4) is 0 Å². The van der Waals surface area contributed by atoms with Gasteiger partial charge in [0.1, 0.15) is 11.5 Å². The summed E-state index contributed by atoms with van der Waals surface area (Å²) in [5.74, 6) is 1.88. The van der Waals surface area contributed by atoms with E-state index in [4.69, 9.17) is 21.0 Å². The van der Waals surface area contributed by atoms with Gasteiger partial charge in [0.15, 0.2) is 10.9 Å². The van der Waals surface area contributed by atoms with E-state index in [0.29, 0.717) is 27.4 Å². The van der Waals surface area contributed by atoms with Crippen molar-refractivity contribution in [3.63, 3.8) is 0 Å². The molecule has 1 amide bonds. The number of hydrogen-bond donors (Lipinski definition) is 1. The zero-order chi connectivity index (χ0) is 21.5. The molecule has 1 N–H and O–H groups in total. The van der Waals surface area contributed by atoms with Gasteiger partial charge in [-0.3, -0.25) is 10.1 Å². The average molecular weight is 451 g/mol. The van der Waals surface area contributed by atoms with Crippen molar-refractivity contribution >= 4 is 40.1 Å². The number of fused-ring (bicyclic) bond motifs is 2. The summed E-state index contributed by atoms with van der Waals surface area (Å²) < 4.78 is 6.22. The number of amides is 1. The van der Waals surface area contributed by atoms with Gasteiger partial charge in [0.2, 0.25) is 6.17 Å². The number of rotatable bonds is 3. The molecule has 3 heterocycles. The van der Waals surface area contributed by atoms with Gasteiger partial charge in [-0.1, -0.05) is 60.6 Å². The van der Waals surface area contributed by atoms with Gasteiger partial charge in [0, 0.05) is 15.8 Å². The third-order valence-electron chi connectivity index (χ3n) is 5.21. The van der Waals surface area contributed by atoms with Crippen molar-refractivity contribution in [1.82, 2.24) is 10.3 Å². The molecule has 2 aliphatic heterocycles. The summed E-state index contributed by atoms with van der Waals surface area (Å²) in [6.07, 6.45) is -0.586. The number of nitrogens with one attached hydrogen (secondary N) is 1. The number of furan rings is 1. The van der Waals surface area contributed by atoms with Crippen LogP contribution < -0.4 is 15.9 Å². The summed E-state index contributed by atoms with van der Waals surface area (Å²) >= 11 is 7.76. The molecule has 0 spiro atoms. The van der Waals surface area contributed by atoms with Crippen LogP contribution in [0.25, 0.3) is 17.0 Å². The molecule has 31 heavy (non-hydrogen) atoms. The molecule has 0 saturated carbocycles. The Hall–Kier alpha value is -3.03. The third kappa shape index (κ3) is 3.43. The van der Waals surface area contributed by atoms with E-state index in [2.05, 4.69) is 10.4 Å². The maximum Gasteiger partial charge on any atom is 0.276 e. The smallest absolute Gasteiger partial charge is 0.276 e. The van der Waals surface area contributed by atoms with E-state index in [-0.39, 0.29) is 5.91 Å². The second kappa shape index (κ2) is 7.90. The van der Waals surface area contributed by atoms with Crippen LogP contribution in [0.2, 0.25) is 5.02 Å². The second-order valence-electron chi connectivity index (χ2n) is 7.12. The molecule has 156 valence electrons. The monoisotopic (exact) mass is 450 g/mol. The molecule has 0 radical (unpaired) electrons. The van der Waals surface area contributed by atoms with E-state index < -0.39 is 6.17 Å². The van der Waals surface area contributed by atoms with Crippen molar-refractivity contribution in [1.29, 1.82) is 0 Å². The Balaban J connectivity index is 1.65. The van der Waals surface area contributed by atoms with Crippen LogP contribution in [0.1, 0.15) is 24.4 Å². The van der Waals surface area contributed by atoms with Crippen LogP contribution in [0.5, 0.6) is 0 Å². The zero-order valence-electron chi connectivity index (χ0n) is 16.9. The fraction of sp³-hybridized carbons (Fsp3) is 0.174. The second-order valence-corrected chi connectivity index (χ2v) is 8.78. The summed E-state index contributed by atoms with van der Waals surface area (Å²) in [5.41, 5.74) is 2.33. The summed E-state index contributed by atoms with van der Waals surface area (Å²) in [5, 5.41) is 11.9. The maximum absolute atomic E-state index is 13.0. The highest BCUT2D eigenvalue weighted by Crippen LogP contribution is 2.35. The van der Waals surface area contributed by atoms with Gasteiger partial charge in [-0.25, -0.2) is 10.0 Å². The fourth-order valence-corrected chi connectivity index (χ4v) is 4.48. The van der Waals surface area contributed by atoms with Gasteiger partial charge in [-0.15, -0.1) is 5.10 Å². The molecule has 6 nitrogen and oxygen atoms in total. The van der Waals surface area contributed by atoms with Crippen molar-refractivity contribution in [3.8, 4) is 11.3 Å². The van der Waals surface area contributed by atoms with E-state index in [9.17, 15) is 4.79 Å². The van der Waals surface area contributed by atoms with Crippen molar-refractivity contribution in [3.05, 3.63) is 81.5 Å². The number of hydrogen-bond acceptors (Lipinski definition) is 6. The minimum atomic E-state index is -0.586. The number of nitrogens with zero attached hydrogens (tertiary/aromatic N) is 3. The molecule has 2 aromatic carbocycles. The first-order chi connectivity index (χ1) is 15.1. The number of para-hydroxylation sites is 1. The van der Waals surface area contributed by atoms with E-state index in [1.165, 1.54) is 11.8 Å². The molecule has 3 aromatic rings. The number of carbonyl (C=O) groups excluding carboxylic acids is 1. The highest BCUT2D eigenvalue weighted by Gasteiger charge is 2.35. The van der Waals surface area contributed by atoms with Gasteiger partial charge in [-0.2, -0.15) is 0 Å². The molecule has 1 unspecified atom stereocenters. The molecule has 0 fully saturated rings. The van der Waals surface area contributed by atoms with Crippen LogP contribution in [0.4, 0.5) is 0 Å². The van der Waals surface area contributed by atoms with E-state index in [0.717, 1.165) is 27.5 Å². The van der Waals surface area contributed by atoms with E-state index in [1.807, 2.05) is 68.4 Å². The van der Waals surface area contributed by atoms with Gasteiger partial charge in [-0.05, 0) is 42.5 Å². The molecule has 1 atom stereocenters. The van der Waals surface area contributed by atoms with E-state index in [1.54, 1.807) is 5.01 Å². The van der Waals surface area contributed by atoms with Crippen molar-refractivity contribution in [2.24, 2.45) is 10.1 Å². The lowest BCUT2D eigenvalue weighted by molar-refractivity contribution is -0.116. The van der Waals surface area contributed by atoms with Crippen LogP contribution in [-0.2, 0) is 4.79 Å². The Morgan fingerprint density at radius 3 is 2.84 bits per heavy atom. The summed E-state index contributed by atoms with van der Waals surface area (Å²) in [7, 11) is 0. The lowest BCUT2D eigenvalue weighted by Gasteiger charge is -2.32. The minimum Gasteiger partial charge on any atom is -0.457 e. The van der Waals surface area contributed by atoms with Crippen molar-refractivity contribution < 1.29 is 9.21 Å². The molecule has 0 bridgehead atoms. The fourth-order valence-electron chi connectivity index (χ4n) is 3.73. The molecular weight excluding hydrogens is 432 g/mol. The Morgan fingerprint density at radius 1 is 1.16 bits per heavy atom. The topological polar surface area (TPSA) is 70.2 Å². The van der Waals surface area contributed by atoms with Crippen LogP contribution in [0, 0.1) is 6.92 Å². The molecule has 1 aromatic heterocycles. The van der Waals surface area contributed by atoms with Crippen LogP contribution in [-0.4, -0.2) is 21.8 Å². The number of carbonyl (C=O) groups is 1. The number of benzene rings is 2. The Morgan fingerprint density at radius 2 is 2.00 bits per heavy atom. The van der Waals surface area contributed by atoms with Crippen LogP contribution in [0.15, 0.2) is 69.1 Å². The standard InChI is InChI=1S/C23H19ClN4O2S/c1-3-31-23-26-22(29)20-15-7-4-5-10-17(15)25-21(28(20)27-23)19-12-11-18(30-19)14-8-6-9-16(24)13(14)2/h4-12,21H,3H2,1-2H3,(H,26,27,29). The number of hydrazone groups is 1. The van der Waals surface area contributed by atoms with Gasteiger partial charge in [0.05, 0.1) is 5.36 Å². The number of halogens is 1. The normalized spacial score (nSPS) is 17.5. The first-order valence-corrected chi connectivity index (χ1v) is 11.3. The molecule has 8 heteroatoms. The first-order valence-electron chi connectivity index (χ1n) is 9.91. The quantitative estimate of drug-likeness (QED) is 0.658. The molecule has 5 rings (SSSR count). The summed E-state index contributed by atoms with van der Waals surface area (Å²) in [6, 6.07) is 17.1. The molecule has 0 aliphatic carbocycles. The highest BCUT2D eigenvalue weighted by molar-refractivity contribution is 8.13. The Labute approximate surface area is 188 Å². The van der Waals surface area contributed by atoms with E-state index >= 15 is 0 Å². The van der Waals surface area contributed by atoms with Crippen LogP contribution >= 0.6 is 23.4 Å².